The Morgan fingerprint density at radius 2 is 2.05 bits per heavy atom. The summed E-state index contributed by atoms with van der Waals surface area (Å²) in [7, 11) is 0. The molecule has 3 aliphatic rings. The third-order valence-corrected chi connectivity index (χ3v) is 5.72. The molecule has 2 N–H and O–H groups in total. The second kappa shape index (κ2) is 6.53. The highest BCUT2D eigenvalue weighted by atomic mass is 16.3. The molecule has 3 atom stereocenters. The van der Waals surface area contributed by atoms with Crippen molar-refractivity contribution in [3.05, 3.63) is 0 Å². The van der Waals surface area contributed by atoms with Gasteiger partial charge in [0.05, 0.1) is 6.61 Å². The van der Waals surface area contributed by atoms with Gasteiger partial charge < -0.3 is 10.4 Å². The van der Waals surface area contributed by atoms with E-state index < -0.39 is 0 Å². The molecule has 3 unspecified atom stereocenters. The molecule has 3 rings (SSSR count). The van der Waals surface area contributed by atoms with Crippen molar-refractivity contribution in [3.63, 3.8) is 0 Å². The molecule has 2 saturated heterocycles. The van der Waals surface area contributed by atoms with E-state index in [1.54, 1.807) is 0 Å². The monoisotopic (exact) mass is 295 g/mol. The highest BCUT2D eigenvalue weighted by Crippen LogP contribution is 2.27. The standard InChI is InChI=1S/C17H33N3O/c1-14-11-20-9-3-5-16(20)12-19(14)10-4-8-17(2,13-21)18-15-6-7-15/h14-16,18,21H,3-13H2,1-2H3. The van der Waals surface area contributed by atoms with Gasteiger partial charge in [-0.25, -0.2) is 0 Å². The minimum atomic E-state index is -0.0699. The Morgan fingerprint density at radius 1 is 1.24 bits per heavy atom. The topological polar surface area (TPSA) is 38.7 Å². The molecule has 3 fully saturated rings. The molecule has 0 aromatic carbocycles. The van der Waals surface area contributed by atoms with E-state index in [4.69, 9.17) is 0 Å². The third-order valence-electron chi connectivity index (χ3n) is 5.72. The van der Waals surface area contributed by atoms with E-state index in [0.29, 0.717) is 12.1 Å². The number of fused-ring (bicyclic) bond motifs is 1. The summed E-state index contributed by atoms with van der Waals surface area (Å²) in [6.07, 6.45) is 7.62. The van der Waals surface area contributed by atoms with Crippen LogP contribution in [0.15, 0.2) is 0 Å². The number of rotatable bonds is 7. The maximum absolute atomic E-state index is 9.69. The van der Waals surface area contributed by atoms with Crippen LogP contribution >= 0.6 is 0 Å². The van der Waals surface area contributed by atoms with Gasteiger partial charge in [-0.15, -0.1) is 0 Å². The fraction of sp³-hybridized carbons (Fsp3) is 1.00. The first kappa shape index (κ1) is 15.7. The summed E-state index contributed by atoms with van der Waals surface area (Å²) in [5.41, 5.74) is -0.0699. The molecular weight excluding hydrogens is 262 g/mol. The van der Waals surface area contributed by atoms with Crippen molar-refractivity contribution in [1.82, 2.24) is 15.1 Å². The maximum Gasteiger partial charge on any atom is 0.0610 e. The molecule has 0 aromatic rings. The molecule has 0 spiro atoms. The van der Waals surface area contributed by atoms with Crippen molar-refractivity contribution >= 4 is 0 Å². The quantitative estimate of drug-likeness (QED) is 0.745. The average Bonchev–Trinajstić information content (AvgIpc) is 3.15. The summed E-state index contributed by atoms with van der Waals surface area (Å²) in [6, 6.07) is 2.18. The first-order chi connectivity index (χ1) is 10.1. The van der Waals surface area contributed by atoms with Crippen LogP contribution in [0.2, 0.25) is 0 Å². The van der Waals surface area contributed by atoms with Gasteiger partial charge in [-0.1, -0.05) is 0 Å². The molecule has 21 heavy (non-hydrogen) atoms. The Balaban J connectivity index is 1.43. The third kappa shape index (κ3) is 3.98. The molecular formula is C17H33N3O. The highest BCUT2D eigenvalue weighted by Gasteiger charge is 2.35. The van der Waals surface area contributed by atoms with E-state index in [1.807, 2.05) is 0 Å². The summed E-state index contributed by atoms with van der Waals surface area (Å²) in [6.45, 7) is 9.83. The van der Waals surface area contributed by atoms with Crippen LogP contribution in [0.1, 0.15) is 52.4 Å². The van der Waals surface area contributed by atoms with Crippen molar-refractivity contribution < 1.29 is 5.11 Å². The number of hydrogen-bond acceptors (Lipinski definition) is 4. The number of nitrogens with zero attached hydrogens (tertiary/aromatic N) is 2. The van der Waals surface area contributed by atoms with Gasteiger partial charge in [-0.05, 0) is 65.5 Å². The fourth-order valence-electron chi connectivity index (χ4n) is 4.15. The van der Waals surface area contributed by atoms with Crippen LogP contribution < -0.4 is 5.32 Å². The minimum Gasteiger partial charge on any atom is -0.394 e. The van der Waals surface area contributed by atoms with Gasteiger partial charge in [0.2, 0.25) is 0 Å². The van der Waals surface area contributed by atoms with Crippen LogP contribution in [0.3, 0.4) is 0 Å². The Morgan fingerprint density at radius 3 is 2.76 bits per heavy atom. The van der Waals surface area contributed by atoms with Crippen molar-refractivity contribution in [1.29, 1.82) is 0 Å². The van der Waals surface area contributed by atoms with E-state index in [9.17, 15) is 5.11 Å². The molecule has 0 amide bonds. The smallest absolute Gasteiger partial charge is 0.0610 e. The van der Waals surface area contributed by atoms with Gasteiger partial charge in [0.25, 0.3) is 0 Å². The Bertz CT molecular complexity index is 347. The van der Waals surface area contributed by atoms with Gasteiger partial charge in [0.1, 0.15) is 0 Å². The van der Waals surface area contributed by atoms with Crippen LogP contribution in [0.5, 0.6) is 0 Å². The van der Waals surface area contributed by atoms with Gasteiger partial charge in [0, 0.05) is 36.8 Å². The Hall–Kier alpha value is -0.160. The molecule has 4 nitrogen and oxygen atoms in total. The van der Waals surface area contributed by atoms with E-state index in [2.05, 4.69) is 29.0 Å². The molecule has 4 heteroatoms. The number of aliphatic hydroxyl groups is 1. The normalized spacial score (nSPS) is 33.9. The highest BCUT2D eigenvalue weighted by molar-refractivity contribution is 4.93. The zero-order valence-corrected chi connectivity index (χ0v) is 13.9. The predicted octanol–water partition coefficient (Wildman–Crippen LogP) is 1.44. The lowest BCUT2D eigenvalue weighted by Crippen LogP contribution is -2.55. The number of hydrogen-bond donors (Lipinski definition) is 2. The predicted molar refractivity (Wildman–Crippen MR) is 86.5 cm³/mol. The van der Waals surface area contributed by atoms with Crippen molar-refractivity contribution in [2.45, 2.75) is 76.0 Å². The number of piperazine rings is 1. The summed E-state index contributed by atoms with van der Waals surface area (Å²) < 4.78 is 0. The van der Waals surface area contributed by atoms with Crippen molar-refractivity contribution in [2.24, 2.45) is 0 Å². The van der Waals surface area contributed by atoms with Gasteiger partial charge >= 0.3 is 0 Å². The SMILES string of the molecule is CC1CN2CCCC2CN1CCCC(C)(CO)NC1CC1. The van der Waals surface area contributed by atoms with Crippen molar-refractivity contribution in [3.8, 4) is 0 Å². The lowest BCUT2D eigenvalue weighted by Gasteiger charge is -2.42. The molecule has 0 bridgehead atoms. The zero-order chi connectivity index (χ0) is 14.9. The largest absolute Gasteiger partial charge is 0.394 e. The number of nitrogens with one attached hydrogen (secondary N) is 1. The van der Waals surface area contributed by atoms with Crippen LogP contribution in [-0.2, 0) is 0 Å². The van der Waals surface area contributed by atoms with E-state index in [-0.39, 0.29) is 12.1 Å². The van der Waals surface area contributed by atoms with Crippen LogP contribution in [-0.4, -0.2) is 71.4 Å². The van der Waals surface area contributed by atoms with Gasteiger partial charge in [-0.3, -0.25) is 9.80 Å². The molecule has 0 aromatic heterocycles. The zero-order valence-electron chi connectivity index (χ0n) is 13.9. The molecule has 2 aliphatic heterocycles. The van der Waals surface area contributed by atoms with Crippen LogP contribution in [0, 0.1) is 0 Å². The number of aliphatic hydroxyl groups excluding tert-OH is 1. The lowest BCUT2D eigenvalue weighted by atomic mass is 9.96. The van der Waals surface area contributed by atoms with Crippen molar-refractivity contribution in [2.75, 3.05) is 32.8 Å². The Labute approximate surface area is 129 Å². The molecule has 0 radical (unpaired) electrons. The van der Waals surface area contributed by atoms with Crippen LogP contribution in [0.4, 0.5) is 0 Å². The second-order valence-corrected chi connectivity index (χ2v) is 7.88. The lowest BCUT2D eigenvalue weighted by molar-refractivity contribution is 0.0551. The summed E-state index contributed by atoms with van der Waals surface area (Å²) >= 11 is 0. The molecule has 2 heterocycles. The van der Waals surface area contributed by atoms with Gasteiger partial charge in [0.15, 0.2) is 0 Å². The maximum atomic E-state index is 9.69. The first-order valence-electron chi connectivity index (χ1n) is 8.96. The average molecular weight is 295 g/mol. The summed E-state index contributed by atoms with van der Waals surface area (Å²) in [4.78, 5) is 5.37. The summed E-state index contributed by atoms with van der Waals surface area (Å²) in [5.74, 6) is 0. The van der Waals surface area contributed by atoms with Gasteiger partial charge in [-0.2, -0.15) is 0 Å². The second-order valence-electron chi connectivity index (χ2n) is 7.88. The first-order valence-corrected chi connectivity index (χ1v) is 8.96. The summed E-state index contributed by atoms with van der Waals surface area (Å²) in [5, 5.41) is 13.3. The minimum absolute atomic E-state index is 0.0699. The fourth-order valence-corrected chi connectivity index (χ4v) is 4.15. The van der Waals surface area contributed by atoms with Crippen LogP contribution in [0.25, 0.3) is 0 Å². The van der Waals surface area contributed by atoms with E-state index in [0.717, 1.165) is 12.5 Å². The van der Waals surface area contributed by atoms with E-state index >= 15 is 0 Å². The molecule has 1 saturated carbocycles. The van der Waals surface area contributed by atoms with E-state index in [1.165, 1.54) is 58.3 Å². The molecule has 1 aliphatic carbocycles. The molecule has 122 valence electrons. The Kier molecular flexibility index (Phi) is 4.89.